The predicted octanol–water partition coefficient (Wildman–Crippen LogP) is 3.87. The summed E-state index contributed by atoms with van der Waals surface area (Å²) in [6.45, 7) is 5.98. The number of aryl methyl sites for hydroxylation is 2. The van der Waals surface area contributed by atoms with Crippen molar-refractivity contribution in [1.29, 1.82) is 0 Å². The van der Waals surface area contributed by atoms with Gasteiger partial charge in [-0.3, -0.25) is 4.79 Å². The van der Waals surface area contributed by atoms with E-state index < -0.39 is 0 Å². The van der Waals surface area contributed by atoms with Gasteiger partial charge in [-0.05, 0) is 43.2 Å². The van der Waals surface area contributed by atoms with Gasteiger partial charge in [-0.2, -0.15) is 0 Å². The van der Waals surface area contributed by atoms with Crippen LogP contribution < -0.4 is 16.0 Å². The highest BCUT2D eigenvalue weighted by Crippen LogP contribution is 2.14. The lowest BCUT2D eigenvalue weighted by atomic mass is 10.1. The van der Waals surface area contributed by atoms with Crippen LogP contribution in [0.2, 0.25) is 0 Å². The van der Waals surface area contributed by atoms with E-state index in [1.54, 1.807) is 30.3 Å². The Morgan fingerprint density at radius 2 is 1.72 bits per heavy atom. The number of hydrogen-bond donors (Lipinski definition) is 3. The molecule has 5 heteroatoms. The van der Waals surface area contributed by atoms with Crippen molar-refractivity contribution >= 4 is 23.3 Å². The van der Waals surface area contributed by atoms with Crippen molar-refractivity contribution < 1.29 is 9.59 Å². The van der Waals surface area contributed by atoms with Gasteiger partial charge in [0, 0.05) is 24.3 Å². The SMILES string of the molecule is C=CCNC(=O)Nc1ccc(NC(=O)CCc2cccc(C)c2)cc1. The molecule has 0 aromatic heterocycles. The number of nitrogens with one attached hydrogen (secondary N) is 3. The second-order valence-electron chi connectivity index (χ2n) is 5.74. The van der Waals surface area contributed by atoms with Crippen molar-refractivity contribution in [2.24, 2.45) is 0 Å². The first-order valence-electron chi connectivity index (χ1n) is 8.18. The first-order valence-corrected chi connectivity index (χ1v) is 8.18. The third-order valence-electron chi connectivity index (χ3n) is 3.56. The monoisotopic (exact) mass is 337 g/mol. The fourth-order valence-electron chi connectivity index (χ4n) is 2.33. The average Bonchev–Trinajstić information content (AvgIpc) is 2.60. The van der Waals surface area contributed by atoms with Crippen molar-refractivity contribution in [3.63, 3.8) is 0 Å². The smallest absolute Gasteiger partial charge is 0.319 e. The Kier molecular flexibility index (Phi) is 6.77. The molecular formula is C20H23N3O2. The summed E-state index contributed by atoms with van der Waals surface area (Å²) >= 11 is 0. The highest BCUT2D eigenvalue weighted by atomic mass is 16.2. The molecule has 25 heavy (non-hydrogen) atoms. The lowest BCUT2D eigenvalue weighted by Crippen LogP contribution is -2.28. The fraction of sp³-hybridized carbons (Fsp3) is 0.200. The number of rotatable bonds is 7. The van der Waals surface area contributed by atoms with E-state index in [2.05, 4.69) is 28.6 Å². The van der Waals surface area contributed by atoms with Crippen LogP contribution in [-0.4, -0.2) is 18.5 Å². The van der Waals surface area contributed by atoms with Crippen molar-refractivity contribution in [2.75, 3.05) is 17.2 Å². The molecule has 3 N–H and O–H groups in total. The molecule has 0 fully saturated rings. The van der Waals surface area contributed by atoms with Crippen LogP contribution in [0.1, 0.15) is 17.5 Å². The van der Waals surface area contributed by atoms with Gasteiger partial charge in [-0.25, -0.2) is 4.79 Å². The Balaban J connectivity index is 1.80. The molecule has 0 bridgehead atoms. The number of benzene rings is 2. The van der Waals surface area contributed by atoms with Gasteiger partial charge >= 0.3 is 6.03 Å². The van der Waals surface area contributed by atoms with Crippen LogP contribution in [0.3, 0.4) is 0 Å². The van der Waals surface area contributed by atoms with Crippen molar-refractivity contribution in [2.45, 2.75) is 19.8 Å². The van der Waals surface area contributed by atoms with Crippen molar-refractivity contribution in [3.8, 4) is 0 Å². The minimum absolute atomic E-state index is 0.0362. The first-order chi connectivity index (χ1) is 12.1. The molecule has 2 aromatic carbocycles. The predicted molar refractivity (Wildman–Crippen MR) is 102 cm³/mol. The maximum Gasteiger partial charge on any atom is 0.319 e. The largest absolute Gasteiger partial charge is 0.334 e. The number of carbonyl (C=O) groups excluding carboxylic acids is 2. The summed E-state index contributed by atoms with van der Waals surface area (Å²) in [6.07, 6.45) is 2.74. The molecule has 0 atom stereocenters. The van der Waals surface area contributed by atoms with Gasteiger partial charge in [0.1, 0.15) is 0 Å². The van der Waals surface area contributed by atoms with Gasteiger partial charge in [-0.1, -0.05) is 35.9 Å². The van der Waals surface area contributed by atoms with E-state index in [-0.39, 0.29) is 11.9 Å². The summed E-state index contributed by atoms with van der Waals surface area (Å²) in [6, 6.07) is 14.9. The molecule has 3 amide bonds. The Morgan fingerprint density at radius 3 is 2.36 bits per heavy atom. The van der Waals surface area contributed by atoms with E-state index in [9.17, 15) is 9.59 Å². The molecule has 0 heterocycles. The second kappa shape index (κ2) is 9.27. The number of amides is 3. The molecule has 0 spiro atoms. The summed E-state index contributed by atoms with van der Waals surface area (Å²) in [5.74, 6) is -0.0362. The normalized spacial score (nSPS) is 9.96. The Hall–Kier alpha value is -3.08. The molecular weight excluding hydrogens is 314 g/mol. The summed E-state index contributed by atoms with van der Waals surface area (Å²) < 4.78 is 0. The summed E-state index contributed by atoms with van der Waals surface area (Å²) in [4.78, 5) is 23.6. The number of carbonyl (C=O) groups is 2. The van der Waals surface area contributed by atoms with E-state index >= 15 is 0 Å². The van der Waals surface area contributed by atoms with Crippen LogP contribution in [0.15, 0.2) is 61.2 Å². The molecule has 2 rings (SSSR count). The summed E-state index contributed by atoms with van der Waals surface area (Å²) in [5.41, 5.74) is 3.70. The summed E-state index contributed by atoms with van der Waals surface area (Å²) in [7, 11) is 0. The molecule has 130 valence electrons. The van der Waals surface area contributed by atoms with Gasteiger partial charge in [0.25, 0.3) is 0 Å². The molecule has 5 nitrogen and oxygen atoms in total. The quantitative estimate of drug-likeness (QED) is 0.671. The van der Waals surface area contributed by atoms with Crippen LogP contribution in [0, 0.1) is 6.92 Å². The number of urea groups is 1. The Bertz CT molecular complexity index is 739. The van der Waals surface area contributed by atoms with Crippen LogP contribution in [0.25, 0.3) is 0 Å². The number of anilines is 2. The highest BCUT2D eigenvalue weighted by Gasteiger charge is 2.05. The Morgan fingerprint density at radius 1 is 1.04 bits per heavy atom. The van der Waals surface area contributed by atoms with Crippen LogP contribution >= 0.6 is 0 Å². The number of hydrogen-bond acceptors (Lipinski definition) is 2. The lowest BCUT2D eigenvalue weighted by Gasteiger charge is -2.08. The van der Waals surface area contributed by atoms with Crippen LogP contribution in [-0.2, 0) is 11.2 Å². The molecule has 2 aromatic rings. The van der Waals surface area contributed by atoms with E-state index in [4.69, 9.17) is 0 Å². The average molecular weight is 337 g/mol. The fourth-order valence-corrected chi connectivity index (χ4v) is 2.33. The van der Waals surface area contributed by atoms with E-state index in [1.807, 2.05) is 25.1 Å². The topological polar surface area (TPSA) is 70.2 Å². The third-order valence-corrected chi connectivity index (χ3v) is 3.56. The third kappa shape index (κ3) is 6.51. The van der Waals surface area contributed by atoms with Gasteiger partial charge in [0.15, 0.2) is 0 Å². The molecule has 0 saturated heterocycles. The summed E-state index contributed by atoms with van der Waals surface area (Å²) in [5, 5.41) is 8.19. The lowest BCUT2D eigenvalue weighted by molar-refractivity contribution is -0.116. The molecule has 0 radical (unpaired) electrons. The van der Waals surface area contributed by atoms with Crippen molar-refractivity contribution in [3.05, 3.63) is 72.3 Å². The molecule has 0 aliphatic rings. The minimum atomic E-state index is -0.296. The zero-order chi connectivity index (χ0) is 18.1. The zero-order valence-electron chi connectivity index (χ0n) is 14.3. The van der Waals surface area contributed by atoms with E-state index in [0.29, 0.717) is 30.8 Å². The van der Waals surface area contributed by atoms with Gasteiger partial charge < -0.3 is 16.0 Å². The zero-order valence-corrected chi connectivity index (χ0v) is 14.3. The second-order valence-corrected chi connectivity index (χ2v) is 5.74. The first kappa shape index (κ1) is 18.3. The van der Waals surface area contributed by atoms with E-state index in [1.165, 1.54) is 5.56 Å². The van der Waals surface area contributed by atoms with Gasteiger partial charge in [-0.15, -0.1) is 6.58 Å². The maximum absolute atomic E-state index is 12.1. The van der Waals surface area contributed by atoms with Gasteiger partial charge in [0.2, 0.25) is 5.91 Å². The van der Waals surface area contributed by atoms with Crippen LogP contribution in [0.4, 0.5) is 16.2 Å². The molecule has 0 saturated carbocycles. The molecule has 0 unspecified atom stereocenters. The standard InChI is InChI=1S/C20H23N3O2/c1-3-13-21-20(25)23-18-10-8-17(9-11-18)22-19(24)12-7-16-6-4-5-15(2)14-16/h3-6,8-11,14H,1,7,12-13H2,2H3,(H,22,24)(H2,21,23,25). The maximum atomic E-state index is 12.1. The van der Waals surface area contributed by atoms with E-state index in [0.717, 1.165) is 5.56 Å². The van der Waals surface area contributed by atoms with Crippen molar-refractivity contribution in [1.82, 2.24) is 5.32 Å². The van der Waals surface area contributed by atoms with Gasteiger partial charge in [0.05, 0.1) is 0 Å². The molecule has 0 aliphatic carbocycles. The highest BCUT2D eigenvalue weighted by molar-refractivity contribution is 5.92. The minimum Gasteiger partial charge on any atom is -0.334 e. The molecule has 0 aliphatic heterocycles. The Labute approximate surface area is 148 Å². The van der Waals surface area contributed by atoms with Crippen LogP contribution in [0.5, 0.6) is 0 Å².